The van der Waals surface area contributed by atoms with Crippen LogP contribution in [0.15, 0.2) is 71.6 Å². The number of aromatic nitrogens is 3. The molecule has 234 valence electrons. The van der Waals surface area contributed by atoms with Crippen LogP contribution in [0.3, 0.4) is 0 Å². The Bertz CT molecular complexity index is 1570. The van der Waals surface area contributed by atoms with Crippen molar-refractivity contribution in [2.45, 2.75) is 45.2 Å². The van der Waals surface area contributed by atoms with Gasteiger partial charge in [-0.2, -0.15) is 0 Å². The maximum Gasteiger partial charge on any atom is 0.406 e. The van der Waals surface area contributed by atoms with Crippen LogP contribution in [-0.4, -0.2) is 75.1 Å². The van der Waals surface area contributed by atoms with Crippen LogP contribution in [0.2, 0.25) is 0 Å². The summed E-state index contributed by atoms with van der Waals surface area (Å²) in [4.78, 5) is 53.4. The third-order valence-corrected chi connectivity index (χ3v) is 6.79. The van der Waals surface area contributed by atoms with Gasteiger partial charge in [0.1, 0.15) is 5.83 Å². The van der Waals surface area contributed by atoms with E-state index in [0.717, 1.165) is 27.4 Å². The Morgan fingerprint density at radius 1 is 1.07 bits per heavy atom. The van der Waals surface area contributed by atoms with Crippen molar-refractivity contribution in [1.29, 1.82) is 0 Å². The van der Waals surface area contributed by atoms with Gasteiger partial charge in [0.25, 0.3) is 5.56 Å². The molecular weight excluding hydrogens is 567 g/mol. The molecule has 1 aliphatic carbocycles. The highest BCUT2D eigenvalue weighted by Gasteiger charge is 2.20. The van der Waals surface area contributed by atoms with Gasteiger partial charge in [0, 0.05) is 71.4 Å². The number of fused-ring (bicyclic) bond motifs is 1. The highest BCUT2D eigenvalue weighted by molar-refractivity contribution is 5.89. The Balaban J connectivity index is 0.000000801. The van der Waals surface area contributed by atoms with E-state index in [1.807, 2.05) is 36.4 Å². The van der Waals surface area contributed by atoms with Gasteiger partial charge in [-0.05, 0) is 48.6 Å². The molecule has 44 heavy (non-hydrogen) atoms. The predicted molar refractivity (Wildman–Crippen MR) is 167 cm³/mol. The van der Waals surface area contributed by atoms with Gasteiger partial charge in [0.05, 0.1) is 6.54 Å². The van der Waals surface area contributed by atoms with Crippen LogP contribution in [0.25, 0.3) is 6.08 Å². The standard InChI is InChI=1S/C29H32FN5O3.C3H7NO2/c1-33(2)27(37)12-8-4-7-11-26(36)32-28-29(38)34(16-15-31-28)20-24-18-22-17-23(30)13-14-25(22)35(24)19-21-9-5-3-6-10-21;1-4(2)3(5)6/h3,5-6,8-10,12,15-18H,4,7,11,13-14,19-20H2,1-2H3,(H,31,32,36);1-2H3,(H,5,6)/b12-8+;. The van der Waals surface area contributed by atoms with Gasteiger partial charge in [-0.15, -0.1) is 0 Å². The highest BCUT2D eigenvalue weighted by Crippen LogP contribution is 2.29. The molecule has 12 heteroatoms. The van der Waals surface area contributed by atoms with Crippen molar-refractivity contribution in [3.05, 3.63) is 99.6 Å². The fourth-order valence-electron chi connectivity index (χ4n) is 4.39. The number of allylic oxidation sites excluding steroid dienone is 2. The molecule has 2 N–H and O–H groups in total. The fourth-order valence-corrected chi connectivity index (χ4v) is 4.39. The van der Waals surface area contributed by atoms with Crippen LogP contribution in [0.5, 0.6) is 0 Å². The Hall–Kier alpha value is -5.00. The molecule has 0 fully saturated rings. The molecule has 0 atom stereocenters. The molecule has 2 heterocycles. The number of anilines is 1. The first kappa shape index (κ1) is 33.5. The number of nitrogens with one attached hydrogen (secondary N) is 1. The first-order valence-electron chi connectivity index (χ1n) is 14.2. The SMILES string of the molecule is CN(C)C(=O)/C=C/CCCC(=O)Nc1nccn(Cc2cc3c(n2Cc2ccccc2)CCC(F)=C3)c1=O.CN(C)C(=O)O. The molecule has 3 aromatic rings. The average molecular weight is 607 g/mol. The van der Waals surface area contributed by atoms with Crippen LogP contribution in [-0.2, 0) is 29.1 Å². The van der Waals surface area contributed by atoms with Crippen molar-refractivity contribution in [3.63, 3.8) is 0 Å². The van der Waals surface area contributed by atoms with Crippen LogP contribution in [0.1, 0.15) is 48.2 Å². The van der Waals surface area contributed by atoms with Gasteiger partial charge < -0.3 is 29.4 Å². The summed E-state index contributed by atoms with van der Waals surface area (Å²) in [5, 5.41) is 10.5. The summed E-state index contributed by atoms with van der Waals surface area (Å²) in [5.41, 5.74) is 3.44. The molecule has 0 saturated heterocycles. The number of benzene rings is 1. The Kier molecular flexibility index (Phi) is 12.2. The second-order valence-electron chi connectivity index (χ2n) is 10.7. The molecule has 1 aromatic carbocycles. The number of likely N-dealkylation sites (N-methyl/N-ethyl adjacent to an activating group) is 1. The number of carbonyl (C=O) groups is 3. The minimum Gasteiger partial charge on any atom is -0.465 e. The average Bonchev–Trinajstić information content (AvgIpc) is 3.30. The fraction of sp³-hybridized carbons (Fsp3) is 0.344. The molecule has 4 rings (SSSR count). The molecule has 2 aromatic heterocycles. The minimum atomic E-state index is -0.907. The van der Waals surface area contributed by atoms with Crippen LogP contribution in [0.4, 0.5) is 15.0 Å². The maximum atomic E-state index is 14.0. The molecule has 3 amide bonds. The first-order chi connectivity index (χ1) is 21.0. The quantitative estimate of drug-likeness (QED) is 0.260. The first-order valence-corrected chi connectivity index (χ1v) is 14.2. The Morgan fingerprint density at radius 2 is 1.77 bits per heavy atom. The lowest BCUT2D eigenvalue weighted by Crippen LogP contribution is -2.27. The van der Waals surface area contributed by atoms with E-state index in [2.05, 4.69) is 14.9 Å². The molecule has 0 unspecified atom stereocenters. The number of nitrogens with zero attached hydrogens (tertiary/aromatic N) is 5. The second-order valence-corrected chi connectivity index (χ2v) is 10.7. The van der Waals surface area contributed by atoms with Gasteiger partial charge in [-0.3, -0.25) is 14.4 Å². The summed E-state index contributed by atoms with van der Waals surface area (Å²) >= 11 is 0. The molecule has 11 nitrogen and oxygen atoms in total. The van der Waals surface area contributed by atoms with E-state index in [4.69, 9.17) is 5.11 Å². The third-order valence-electron chi connectivity index (χ3n) is 6.79. The molecule has 0 saturated carbocycles. The van der Waals surface area contributed by atoms with Crippen molar-refractivity contribution in [2.24, 2.45) is 0 Å². The van der Waals surface area contributed by atoms with Crippen molar-refractivity contribution in [1.82, 2.24) is 23.9 Å². The van der Waals surface area contributed by atoms with Crippen molar-refractivity contribution < 1.29 is 23.9 Å². The Labute approximate surface area is 255 Å². The monoisotopic (exact) mass is 606 g/mol. The third kappa shape index (κ3) is 9.79. The Morgan fingerprint density at radius 3 is 2.43 bits per heavy atom. The van der Waals surface area contributed by atoms with E-state index in [1.165, 1.54) is 35.8 Å². The van der Waals surface area contributed by atoms with Crippen molar-refractivity contribution in [3.8, 4) is 0 Å². The molecule has 0 radical (unpaired) electrons. The van der Waals surface area contributed by atoms with Gasteiger partial charge in [0.2, 0.25) is 11.8 Å². The molecule has 1 aliphatic rings. The van der Waals surface area contributed by atoms with E-state index in [0.29, 0.717) is 32.2 Å². The number of carboxylic acid groups (broad SMARTS) is 1. The summed E-state index contributed by atoms with van der Waals surface area (Å²) in [6.07, 6.45) is 9.18. The number of unbranched alkanes of at least 4 members (excludes halogenated alkanes) is 1. The molecule has 0 aliphatic heterocycles. The van der Waals surface area contributed by atoms with Gasteiger partial charge in [-0.1, -0.05) is 36.4 Å². The zero-order chi connectivity index (χ0) is 32.2. The van der Waals surface area contributed by atoms with Crippen molar-refractivity contribution in [2.75, 3.05) is 33.5 Å². The summed E-state index contributed by atoms with van der Waals surface area (Å²) < 4.78 is 17.7. The maximum absolute atomic E-state index is 14.0. The molecule has 0 spiro atoms. The van der Waals surface area contributed by atoms with E-state index in [1.54, 1.807) is 32.4 Å². The highest BCUT2D eigenvalue weighted by atomic mass is 19.1. The summed E-state index contributed by atoms with van der Waals surface area (Å²) in [6, 6.07) is 11.9. The van der Waals surface area contributed by atoms with E-state index in [-0.39, 0.29) is 36.4 Å². The number of hydrogen-bond donors (Lipinski definition) is 2. The second kappa shape index (κ2) is 16.0. The number of hydrogen-bond acceptors (Lipinski definition) is 5. The summed E-state index contributed by atoms with van der Waals surface area (Å²) in [7, 11) is 6.29. The van der Waals surface area contributed by atoms with Gasteiger partial charge in [0.15, 0.2) is 5.82 Å². The smallest absolute Gasteiger partial charge is 0.406 e. The van der Waals surface area contributed by atoms with E-state index in [9.17, 15) is 23.6 Å². The number of rotatable bonds is 10. The van der Waals surface area contributed by atoms with E-state index >= 15 is 0 Å². The summed E-state index contributed by atoms with van der Waals surface area (Å²) in [6.45, 7) is 0.864. The normalized spacial score (nSPS) is 12.1. The zero-order valence-corrected chi connectivity index (χ0v) is 25.5. The van der Waals surface area contributed by atoms with Crippen LogP contribution < -0.4 is 10.9 Å². The van der Waals surface area contributed by atoms with Crippen LogP contribution in [0, 0.1) is 0 Å². The van der Waals surface area contributed by atoms with E-state index < -0.39 is 11.7 Å². The predicted octanol–water partition coefficient (Wildman–Crippen LogP) is 4.38. The molecule has 0 bridgehead atoms. The van der Waals surface area contributed by atoms with Crippen LogP contribution >= 0.6 is 0 Å². The number of carbonyl (C=O) groups excluding carboxylic acids is 2. The zero-order valence-electron chi connectivity index (χ0n) is 25.5. The minimum absolute atomic E-state index is 0.0345. The lowest BCUT2D eigenvalue weighted by Gasteiger charge is -2.17. The topological polar surface area (TPSA) is 130 Å². The molecular formula is C32H39FN6O5. The summed E-state index contributed by atoms with van der Waals surface area (Å²) in [5.74, 6) is -0.608. The van der Waals surface area contributed by atoms with Gasteiger partial charge in [-0.25, -0.2) is 14.2 Å². The lowest BCUT2D eigenvalue weighted by molar-refractivity contribution is -0.123. The van der Waals surface area contributed by atoms with Gasteiger partial charge >= 0.3 is 6.09 Å². The largest absolute Gasteiger partial charge is 0.465 e. The lowest BCUT2D eigenvalue weighted by atomic mass is 10.0. The van der Waals surface area contributed by atoms with Crippen molar-refractivity contribution >= 4 is 29.8 Å². The number of halogens is 1. The number of amides is 3.